The smallest absolute Gasteiger partial charge is 0.226 e. The SMILES string of the molecule is O=C(C1CCN(S(=O)(=O)Cc2cccc(Br)c2)CC1)N1CCc2ccccc2C1. The number of rotatable bonds is 4. The van der Waals surface area contributed by atoms with E-state index in [1.54, 1.807) is 4.31 Å². The van der Waals surface area contributed by atoms with E-state index in [1.165, 1.54) is 11.1 Å². The second kappa shape index (κ2) is 8.58. The molecular formula is C22H25BrN2O3S. The van der Waals surface area contributed by atoms with Crippen molar-refractivity contribution < 1.29 is 13.2 Å². The average molecular weight is 477 g/mol. The molecule has 0 bridgehead atoms. The first kappa shape index (κ1) is 20.6. The van der Waals surface area contributed by atoms with Gasteiger partial charge in [-0.05, 0) is 48.1 Å². The van der Waals surface area contributed by atoms with Gasteiger partial charge in [0.2, 0.25) is 15.9 Å². The van der Waals surface area contributed by atoms with E-state index in [-0.39, 0.29) is 17.6 Å². The highest BCUT2D eigenvalue weighted by Crippen LogP contribution is 2.26. The standard InChI is InChI=1S/C22H25BrN2O3S/c23-21-7-3-4-17(14-21)16-29(27,28)25-12-9-19(10-13-25)22(26)24-11-8-18-5-1-2-6-20(18)15-24/h1-7,14,19H,8-13,15-16H2. The molecule has 29 heavy (non-hydrogen) atoms. The van der Waals surface area contributed by atoms with Crippen LogP contribution in [0.5, 0.6) is 0 Å². The third kappa shape index (κ3) is 4.73. The van der Waals surface area contributed by atoms with Gasteiger partial charge in [0.05, 0.1) is 5.75 Å². The van der Waals surface area contributed by atoms with Gasteiger partial charge in [0.25, 0.3) is 0 Å². The summed E-state index contributed by atoms with van der Waals surface area (Å²) in [5.41, 5.74) is 3.32. The predicted octanol–water partition coefficient (Wildman–Crippen LogP) is 3.58. The molecule has 0 aromatic heterocycles. The molecule has 1 saturated heterocycles. The molecular weight excluding hydrogens is 452 g/mol. The van der Waals surface area contributed by atoms with Crippen LogP contribution in [0.1, 0.15) is 29.5 Å². The molecule has 154 valence electrons. The van der Waals surface area contributed by atoms with E-state index >= 15 is 0 Å². The molecule has 0 radical (unpaired) electrons. The van der Waals surface area contributed by atoms with Crippen LogP contribution < -0.4 is 0 Å². The summed E-state index contributed by atoms with van der Waals surface area (Å²) in [6.45, 7) is 2.24. The molecule has 4 rings (SSSR count). The fourth-order valence-electron chi connectivity index (χ4n) is 4.25. The molecule has 2 heterocycles. The Morgan fingerprint density at radius 1 is 1.00 bits per heavy atom. The number of hydrogen-bond donors (Lipinski definition) is 0. The predicted molar refractivity (Wildman–Crippen MR) is 117 cm³/mol. The van der Waals surface area contributed by atoms with Gasteiger partial charge in [0, 0.05) is 36.6 Å². The minimum absolute atomic E-state index is 0.00599. The molecule has 2 aromatic rings. The molecule has 2 aliphatic rings. The number of sulfonamides is 1. The summed E-state index contributed by atoms with van der Waals surface area (Å²) in [5.74, 6) is 0.0784. The maximum Gasteiger partial charge on any atom is 0.226 e. The van der Waals surface area contributed by atoms with Crippen LogP contribution in [0.25, 0.3) is 0 Å². The lowest BCUT2D eigenvalue weighted by Crippen LogP contribution is -2.45. The fourth-order valence-corrected chi connectivity index (χ4v) is 6.25. The molecule has 0 atom stereocenters. The summed E-state index contributed by atoms with van der Waals surface area (Å²) in [5, 5.41) is 0. The first-order valence-electron chi connectivity index (χ1n) is 10.0. The number of piperidine rings is 1. The van der Waals surface area contributed by atoms with Gasteiger partial charge in [0.15, 0.2) is 0 Å². The molecule has 0 unspecified atom stereocenters. The highest BCUT2D eigenvalue weighted by Gasteiger charge is 2.34. The highest BCUT2D eigenvalue weighted by atomic mass is 79.9. The minimum Gasteiger partial charge on any atom is -0.338 e. The van der Waals surface area contributed by atoms with Gasteiger partial charge in [-0.1, -0.05) is 52.3 Å². The van der Waals surface area contributed by atoms with Gasteiger partial charge in [-0.15, -0.1) is 0 Å². The third-order valence-corrected chi connectivity index (χ3v) is 8.22. The van der Waals surface area contributed by atoms with Crippen molar-refractivity contribution in [1.82, 2.24) is 9.21 Å². The van der Waals surface area contributed by atoms with Crippen LogP contribution in [0.3, 0.4) is 0 Å². The van der Waals surface area contributed by atoms with Gasteiger partial charge in [-0.2, -0.15) is 0 Å². The Kier molecular flexibility index (Phi) is 6.08. The van der Waals surface area contributed by atoms with Crippen molar-refractivity contribution >= 4 is 31.9 Å². The number of fused-ring (bicyclic) bond motifs is 1. The Bertz CT molecular complexity index is 1000. The lowest BCUT2D eigenvalue weighted by atomic mass is 9.94. The monoisotopic (exact) mass is 476 g/mol. The van der Waals surface area contributed by atoms with Crippen LogP contribution in [-0.4, -0.2) is 43.2 Å². The van der Waals surface area contributed by atoms with Crippen LogP contribution in [-0.2, 0) is 33.5 Å². The summed E-state index contributed by atoms with van der Waals surface area (Å²) in [4.78, 5) is 14.9. The van der Waals surface area contributed by atoms with Crippen LogP contribution in [0.15, 0.2) is 53.0 Å². The number of amides is 1. The lowest BCUT2D eigenvalue weighted by molar-refractivity contribution is -0.137. The van der Waals surface area contributed by atoms with Gasteiger partial charge in [-0.25, -0.2) is 12.7 Å². The number of nitrogens with zero attached hydrogens (tertiary/aromatic N) is 2. The molecule has 0 spiro atoms. The van der Waals surface area contributed by atoms with Crippen molar-refractivity contribution in [2.75, 3.05) is 19.6 Å². The molecule has 2 aliphatic heterocycles. The molecule has 0 saturated carbocycles. The quantitative estimate of drug-likeness (QED) is 0.677. The topological polar surface area (TPSA) is 57.7 Å². The van der Waals surface area contributed by atoms with Crippen molar-refractivity contribution in [3.8, 4) is 0 Å². The van der Waals surface area contributed by atoms with E-state index in [9.17, 15) is 13.2 Å². The Hall–Kier alpha value is -1.70. The summed E-state index contributed by atoms with van der Waals surface area (Å²) in [6, 6.07) is 15.7. The minimum atomic E-state index is -3.38. The molecule has 0 N–H and O–H groups in total. The molecule has 1 amide bonds. The van der Waals surface area contributed by atoms with E-state index in [0.717, 1.165) is 23.0 Å². The molecule has 2 aromatic carbocycles. The molecule has 5 nitrogen and oxygen atoms in total. The van der Waals surface area contributed by atoms with E-state index in [2.05, 4.69) is 28.1 Å². The van der Waals surface area contributed by atoms with Crippen molar-refractivity contribution in [3.63, 3.8) is 0 Å². The Morgan fingerprint density at radius 3 is 2.45 bits per heavy atom. The molecule has 0 aliphatic carbocycles. The maximum absolute atomic E-state index is 13.0. The summed E-state index contributed by atoms with van der Waals surface area (Å²) >= 11 is 3.39. The highest BCUT2D eigenvalue weighted by molar-refractivity contribution is 9.10. The van der Waals surface area contributed by atoms with Crippen LogP contribution >= 0.6 is 15.9 Å². The maximum atomic E-state index is 13.0. The van der Waals surface area contributed by atoms with E-state index in [0.29, 0.717) is 32.5 Å². The van der Waals surface area contributed by atoms with Crippen molar-refractivity contribution in [3.05, 3.63) is 69.7 Å². The van der Waals surface area contributed by atoms with Crippen molar-refractivity contribution in [2.45, 2.75) is 31.6 Å². The number of carbonyl (C=O) groups is 1. The number of benzene rings is 2. The van der Waals surface area contributed by atoms with E-state index < -0.39 is 10.0 Å². The first-order chi connectivity index (χ1) is 13.9. The lowest BCUT2D eigenvalue weighted by Gasteiger charge is -2.35. The summed E-state index contributed by atoms with van der Waals surface area (Å²) < 4.78 is 28.0. The van der Waals surface area contributed by atoms with Crippen LogP contribution in [0.4, 0.5) is 0 Å². The van der Waals surface area contributed by atoms with Crippen LogP contribution in [0.2, 0.25) is 0 Å². The van der Waals surface area contributed by atoms with E-state index in [4.69, 9.17) is 0 Å². The second-order valence-corrected chi connectivity index (χ2v) is 10.7. The first-order valence-corrected chi connectivity index (χ1v) is 12.4. The summed E-state index contributed by atoms with van der Waals surface area (Å²) in [7, 11) is -3.38. The van der Waals surface area contributed by atoms with Crippen molar-refractivity contribution in [1.29, 1.82) is 0 Å². The number of halogens is 1. The largest absolute Gasteiger partial charge is 0.338 e. The zero-order valence-corrected chi connectivity index (χ0v) is 18.7. The molecule has 7 heteroatoms. The zero-order chi connectivity index (χ0) is 20.4. The van der Waals surface area contributed by atoms with Gasteiger partial charge in [0.1, 0.15) is 0 Å². The fraction of sp³-hybridized carbons (Fsp3) is 0.409. The Morgan fingerprint density at radius 2 is 1.72 bits per heavy atom. The number of carbonyl (C=O) groups excluding carboxylic acids is 1. The Labute approximate surface area is 180 Å². The normalized spacial score (nSPS) is 18.4. The van der Waals surface area contributed by atoms with Gasteiger partial charge >= 0.3 is 0 Å². The third-order valence-electron chi connectivity index (χ3n) is 5.88. The zero-order valence-electron chi connectivity index (χ0n) is 16.3. The second-order valence-electron chi connectivity index (χ2n) is 7.84. The van der Waals surface area contributed by atoms with E-state index in [1.807, 2.05) is 41.3 Å². The van der Waals surface area contributed by atoms with Gasteiger partial charge < -0.3 is 4.90 Å². The van der Waals surface area contributed by atoms with Crippen molar-refractivity contribution in [2.24, 2.45) is 5.92 Å². The van der Waals surface area contributed by atoms with Crippen LogP contribution in [0, 0.1) is 5.92 Å². The average Bonchev–Trinajstić information content (AvgIpc) is 2.72. The number of hydrogen-bond acceptors (Lipinski definition) is 3. The molecule has 1 fully saturated rings. The summed E-state index contributed by atoms with van der Waals surface area (Å²) in [6.07, 6.45) is 2.07. The van der Waals surface area contributed by atoms with Gasteiger partial charge in [-0.3, -0.25) is 4.79 Å². The Balaban J connectivity index is 1.35.